The molecule has 8 nitrogen and oxygen atoms in total. The summed E-state index contributed by atoms with van der Waals surface area (Å²) in [4.78, 5) is 33.4. The van der Waals surface area contributed by atoms with Crippen LogP contribution < -0.4 is 4.90 Å². The van der Waals surface area contributed by atoms with Gasteiger partial charge in [0.1, 0.15) is 5.52 Å². The highest BCUT2D eigenvalue weighted by Gasteiger charge is 2.38. The zero-order chi connectivity index (χ0) is 26.9. The summed E-state index contributed by atoms with van der Waals surface area (Å²) < 4.78 is 32.0. The highest BCUT2D eigenvalue weighted by molar-refractivity contribution is 5.82. The van der Waals surface area contributed by atoms with Crippen molar-refractivity contribution in [2.45, 2.75) is 69.9 Å². The Morgan fingerprint density at radius 3 is 2.74 bits per heavy atom. The lowest BCUT2D eigenvalue weighted by atomic mass is 9.87. The molecule has 1 amide bonds. The van der Waals surface area contributed by atoms with Crippen molar-refractivity contribution >= 4 is 34.7 Å². The molecule has 1 unspecified atom stereocenters. The third-order valence-corrected chi connectivity index (χ3v) is 8.37. The van der Waals surface area contributed by atoms with Gasteiger partial charge in [0, 0.05) is 18.8 Å². The molecule has 0 N–H and O–H groups in total. The average Bonchev–Trinajstić information content (AvgIpc) is 3.70. The molecule has 6 rings (SSSR count). The van der Waals surface area contributed by atoms with E-state index >= 15 is 4.39 Å². The van der Waals surface area contributed by atoms with Crippen molar-refractivity contribution in [1.82, 2.24) is 9.88 Å². The number of anilines is 2. The number of likely N-dealkylation sites (tertiary alicyclic amines) is 1. The van der Waals surface area contributed by atoms with Gasteiger partial charge in [-0.15, -0.1) is 0 Å². The average molecular weight is 536 g/mol. The fourth-order valence-corrected chi connectivity index (χ4v) is 6.25. The van der Waals surface area contributed by atoms with Crippen molar-refractivity contribution in [3.8, 4) is 0 Å². The fraction of sp³-hybridized carbons (Fsp3) is 0.500. The van der Waals surface area contributed by atoms with Crippen LogP contribution in [0.15, 0.2) is 46.9 Å². The molecule has 1 saturated carbocycles. The van der Waals surface area contributed by atoms with Crippen LogP contribution in [0.2, 0.25) is 0 Å². The first-order valence-electron chi connectivity index (χ1n) is 13.9. The van der Waals surface area contributed by atoms with Gasteiger partial charge in [-0.05, 0) is 74.3 Å². The zero-order valence-corrected chi connectivity index (χ0v) is 22.2. The van der Waals surface area contributed by atoms with E-state index in [0.717, 1.165) is 36.2 Å². The van der Waals surface area contributed by atoms with Crippen LogP contribution in [0.1, 0.15) is 49.7 Å². The second kappa shape index (κ2) is 11.0. The van der Waals surface area contributed by atoms with Gasteiger partial charge in [0.05, 0.1) is 31.6 Å². The first-order valence-corrected chi connectivity index (χ1v) is 13.9. The summed E-state index contributed by atoms with van der Waals surface area (Å²) in [5.41, 5.74) is 4.56. The van der Waals surface area contributed by atoms with Gasteiger partial charge in [-0.3, -0.25) is 14.5 Å². The minimum Gasteiger partial charge on any atom is -0.469 e. The lowest BCUT2D eigenvalue weighted by Crippen LogP contribution is -2.44. The maximum Gasteiger partial charge on any atom is 0.308 e. The molecule has 0 radical (unpaired) electrons. The number of esters is 1. The van der Waals surface area contributed by atoms with Crippen molar-refractivity contribution < 1.29 is 27.9 Å². The van der Waals surface area contributed by atoms with E-state index in [4.69, 9.17) is 13.9 Å². The molecule has 3 aromatic rings. The SMILES string of the molecule is COC(=O)C1CCC(OC(F)[C@@H]2CCCN2C(=O)Cc2ccc3nc(N4CCc5ccccc54)oc3c2)CC1. The van der Waals surface area contributed by atoms with Crippen LogP contribution in [0.25, 0.3) is 11.1 Å². The lowest BCUT2D eigenvalue weighted by molar-refractivity contribution is -0.157. The second-order valence-corrected chi connectivity index (χ2v) is 10.8. The molecule has 2 aliphatic heterocycles. The van der Waals surface area contributed by atoms with Gasteiger partial charge in [0.25, 0.3) is 0 Å². The number of para-hydroxylation sites is 1. The number of benzene rings is 2. The molecule has 0 bridgehead atoms. The molecule has 2 aromatic carbocycles. The van der Waals surface area contributed by atoms with Gasteiger partial charge in [-0.25, -0.2) is 4.39 Å². The monoisotopic (exact) mass is 535 g/mol. The minimum absolute atomic E-state index is 0.120. The van der Waals surface area contributed by atoms with Gasteiger partial charge in [-0.2, -0.15) is 4.98 Å². The number of carbonyl (C=O) groups is 2. The van der Waals surface area contributed by atoms with Crippen LogP contribution >= 0.6 is 0 Å². The van der Waals surface area contributed by atoms with Crippen LogP contribution in [0.3, 0.4) is 0 Å². The molecule has 1 saturated heterocycles. The molecule has 206 valence electrons. The smallest absolute Gasteiger partial charge is 0.308 e. The van der Waals surface area contributed by atoms with E-state index in [1.807, 2.05) is 30.3 Å². The summed E-state index contributed by atoms with van der Waals surface area (Å²) in [6.07, 6.45) is 3.13. The van der Waals surface area contributed by atoms with Gasteiger partial charge in [0.2, 0.25) is 12.3 Å². The maximum atomic E-state index is 15.3. The number of oxazole rings is 1. The third-order valence-electron chi connectivity index (χ3n) is 8.37. The van der Waals surface area contributed by atoms with E-state index in [2.05, 4.69) is 22.0 Å². The third kappa shape index (κ3) is 5.24. The Balaban J connectivity index is 1.08. The Kier molecular flexibility index (Phi) is 7.25. The predicted molar refractivity (Wildman–Crippen MR) is 143 cm³/mol. The van der Waals surface area contributed by atoms with E-state index in [1.54, 1.807) is 4.90 Å². The summed E-state index contributed by atoms with van der Waals surface area (Å²) in [7, 11) is 1.39. The quantitative estimate of drug-likeness (QED) is 0.389. The number of rotatable bonds is 7. The molecule has 1 aromatic heterocycles. The molecule has 2 atom stereocenters. The molecule has 9 heteroatoms. The van der Waals surface area contributed by atoms with Crippen molar-refractivity contribution in [2.24, 2.45) is 5.92 Å². The molecule has 1 aliphatic carbocycles. The standard InChI is InChI=1S/C30H34FN3O5/c1-37-29(36)21-9-11-22(12-10-21)38-28(31)25-7-4-15-33(25)27(35)18-19-8-13-23-26(17-19)39-30(32-23)34-16-14-20-5-2-3-6-24(20)34/h2-3,5-6,8,13,17,21-22,25,28H,4,7,9-12,14-16,18H2,1H3/t21?,22?,25-,28?/m0/s1. The fourth-order valence-electron chi connectivity index (χ4n) is 6.25. The number of nitrogens with zero attached hydrogens (tertiary/aromatic N) is 3. The summed E-state index contributed by atoms with van der Waals surface area (Å²) in [5.74, 6) is -0.467. The van der Waals surface area contributed by atoms with E-state index in [0.29, 0.717) is 50.2 Å². The number of hydrogen-bond donors (Lipinski definition) is 0. The lowest BCUT2D eigenvalue weighted by Gasteiger charge is -2.32. The number of methoxy groups -OCH3 is 1. The Hall–Kier alpha value is -3.46. The molecular weight excluding hydrogens is 501 g/mol. The van der Waals surface area contributed by atoms with Gasteiger partial charge < -0.3 is 18.8 Å². The van der Waals surface area contributed by atoms with Gasteiger partial charge in [-0.1, -0.05) is 24.3 Å². The van der Waals surface area contributed by atoms with Crippen molar-refractivity contribution in [2.75, 3.05) is 25.1 Å². The van der Waals surface area contributed by atoms with E-state index in [1.165, 1.54) is 12.7 Å². The molecule has 3 heterocycles. The largest absolute Gasteiger partial charge is 0.469 e. The van der Waals surface area contributed by atoms with Crippen molar-refractivity contribution in [1.29, 1.82) is 0 Å². The number of hydrogen-bond acceptors (Lipinski definition) is 7. The highest BCUT2D eigenvalue weighted by Crippen LogP contribution is 2.36. The van der Waals surface area contributed by atoms with Gasteiger partial charge >= 0.3 is 12.0 Å². The normalized spacial score (nSPS) is 23.7. The first-order chi connectivity index (χ1) is 19.0. The van der Waals surface area contributed by atoms with E-state index in [9.17, 15) is 9.59 Å². The summed E-state index contributed by atoms with van der Waals surface area (Å²) in [6.45, 7) is 1.33. The number of aromatic nitrogens is 1. The zero-order valence-electron chi connectivity index (χ0n) is 22.2. The summed E-state index contributed by atoms with van der Waals surface area (Å²) >= 11 is 0. The van der Waals surface area contributed by atoms with Gasteiger partial charge in [0.15, 0.2) is 5.58 Å². The highest BCUT2D eigenvalue weighted by atomic mass is 19.1. The van der Waals surface area contributed by atoms with E-state index in [-0.39, 0.29) is 30.3 Å². The molecule has 2 fully saturated rings. The summed E-state index contributed by atoms with van der Waals surface area (Å²) in [5, 5.41) is 0. The van der Waals surface area contributed by atoms with Crippen LogP contribution in [-0.2, 0) is 31.9 Å². The van der Waals surface area contributed by atoms with Crippen molar-refractivity contribution in [3.63, 3.8) is 0 Å². The Morgan fingerprint density at radius 2 is 1.92 bits per heavy atom. The predicted octanol–water partition coefficient (Wildman–Crippen LogP) is 5.10. The Morgan fingerprint density at radius 1 is 1.10 bits per heavy atom. The molecule has 3 aliphatic rings. The number of halogens is 1. The van der Waals surface area contributed by atoms with Crippen molar-refractivity contribution in [3.05, 3.63) is 53.6 Å². The molecule has 39 heavy (non-hydrogen) atoms. The Bertz CT molecular complexity index is 1350. The van der Waals surface area contributed by atoms with Crippen LogP contribution in [0, 0.1) is 5.92 Å². The number of amides is 1. The maximum absolute atomic E-state index is 15.3. The van der Waals surface area contributed by atoms with E-state index < -0.39 is 12.4 Å². The molecular formula is C30H34FN3O5. The minimum atomic E-state index is -1.54. The Labute approximate surface area is 227 Å². The van der Waals surface area contributed by atoms with Crippen LogP contribution in [0.4, 0.5) is 16.1 Å². The van der Waals surface area contributed by atoms with Crippen LogP contribution in [0.5, 0.6) is 0 Å². The topological polar surface area (TPSA) is 85.1 Å². The summed E-state index contributed by atoms with van der Waals surface area (Å²) in [6, 6.07) is 13.8. The first kappa shape index (κ1) is 25.8. The number of alkyl halides is 1. The van der Waals surface area contributed by atoms with Crippen LogP contribution in [-0.4, -0.2) is 60.5 Å². The second-order valence-electron chi connectivity index (χ2n) is 10.8. The molecule has 0 spiro atoms. The number of carbonyl (C=O) groups excluding carboxylic acids is 2. The number of fused-ring (bicyclic) bond motifs is 2. The number of ether oxygens (including phenoxy) is 2.